The molecule has 0 fully saturated rings. The van der Waals surface area contributed by atoms with E-state index in [1.165, 1.54) is 0 Å². The molecule has 2 N–H and O–H groups in total. The number of hydrogen-bond donors (Lipinski definition) is 1. The Balaban J connectivity index is 0. The van der Waals surface area contributed by atoms with Crippen molar-refractivity contribution in [2.75, 3.05) is 0 Å². The zero-order chi connectivity index (χ0) is 6.28. The Morgan fingerprint density at radius 3 is 2.00 bits per heavy atom. The molecule has 0 aromatic rings. The summed E-state index contributed by atoms with van der Waals surface area (Å²) >= 11 is 10.7. The quantitative estimate of drug-likeness (QED) is 0.234. The fourth-order valence-corrected chi connectivity index (χ4v) is 0. The molecule has 41 valence electrons. The van der Waals surface area contributed by atoms with Crippen LogP contribution in [0, 0.1) is 0 Å². The third kappa shape index (κ3) is 1300. The molecule has 0 aliphatic carbocycles. The van der Waals surface area contributed by atoms with Crippen molar-refractivity contribution in [3.8, 4) is 0 Å². The third-order valence-corrected chi connectivity index (χ3v) is 0. The zero-order valence-electron chi connectivity index (χ0n) is 3.26. The van der Waals surface area contributed by atoms with Gasteiger partial charge in [0.1, 0.15) is 0 Å². The van der Waals surface area contributed by atoms with Gasteiger partial charge >= 0.3 is 26.0 Å². The molecule has 0 spiro atoms. The van der Waals surface area contributed by atoms with Crippen LogP contribution in [0.3, 0.4) is 0 Å². The molecule has 0 amide bonds. The summed E-state index contributed by atoms with van der Waals surface area (Å²) in [7, 11) is 0. The minimum absolute atomic E-state index is 0.0833. The standard InChI is InChI=1S/CH3NS2.CHO.Mn/c2-1(3)4;1-2;/h(H3,2,3,4);1H;/q;;+1/p-1. The van der Waals surface area contributed by atoms with Gasteiger partial charge in [0.05, 0.1) is 0 Å². The van der Waals surface area contributed by atoms with Crippen LogP contribution in [0.15, 0.2) is 0 Å². The predicted molar refractivity (Wildman–Crippen MR) is 30.9 cm³/mol. The summed E-state index contributed by atoms with van der Waals surface area (Å²) in [6.45, 7) is 0. The fraction of sp³-hybridized carbons (Fsp3) is 0. The van der Waals surface area contributed by atoms with E-state index >= 15 is 0 Å². The van der Waals surface area contributed by atoms with Gasteiger partial charge < -0.3 is 30.6 Å². The molecule has 2 nitrogen and oxygen atoms in total. The van der Waals surface area contributed by atoms with Gasteiger partial charge in [0, 0.05) is 0 Å². The topological polar surface area (TPSA) is 43.1 Å². The number of thiocarbonyl (C=S) groups is 1. The fourth-order valence-electron chi connectivity index (χ4n) is 0. The second-order valence-electron chi connectivity index (χ2n) is 0.408. The summed E-state index contributed by atoms with van der Waals surface area (Å²) in [5.41, 5.74) is 4.66. The van der Waals surface area contributed by atoms with Crippen molar-refractivity contribution >= 4 is 34.4 Å². The Hall–Kier alpha value is 0.299. The molecular formula is C2H3MnNOS2. The number of carbonyl (C=O) groups is 1. The maximum atomic E-state index is 8.72. The van der Waals surface area contributed by atoms with E-state index in [2.05, 4.69) is 46.6 Å². The first kappa shape index (κ1) is 10.3. The van der Waals surface area contributed by atoms with Crippen LogP contribution in [0.2, 0.25) is 0 Å². The summed E-state index contributed by atoms with van der Waals surface area (Å²) in [5, 5.41) is 0.562. The summed E-state index contributed by atoms with van der Waals surface area (Å²) in [6, 6.07) is 0. The van der Waals surface area contributed by atoms with E-state index in [0.717, 1.165) is 0 Å². The summed E-state index contributed by atoms with van der Waals surface area (Å²) < 4.78 is 0.0833. The first-order chi connectivity index (χ1) is 3.15. The van der Waals surface area contributed by atoms with Crippen LogP contribution in [0.25, 0.3) is 0 Å². The van der Waals surface area contributed by atoms with Crippen molar-refractivity contribution < 1.29 is 20.8 Å². The SMILES string of the molecule is NC(=S)[S-].O=[CH][Mn+]. The Morgan fingerprint density at radius 2 is 2.00 bits per heavy atom. The van der Waals surface area contributed by atoms with Crippen LogP contribution in [0.4, 0.5) is 0 Å². The van der Waals surface area contributed by atoms with Gasteiger partial charge in [-0.1, -0.05) is 4.32 Å². The van der Waals surface area contributed by atoms with E-state index in [4.69, 9.17) is 4.79 Å². The molecule has 5 heteroatoms. The molecule has 0 aromatic carbocycles. The first-order valence-electron chi connectivity index (χ1n) is 1.15. The normalized spacial score (nSPS) is 5.14. The zero-order valence-corrected chi connectivity index (χ0v) is 6.07. The van der Waals surface area contributed by atoms with Crippen LogP contribution in [-0.2, 0) is 33.4 Å². The Kier molecular flexibility index (Phi) is 14.1. The van der Waals surface area contributed by atoms with Crippen LogP contribution < -0.4 is 5.73 Å². The predicted octanol–water partition coefficient (Wildman–Crippen LogP) is -0.500. The molecule has 7 heavy (non-hydrogen) atoms. The van der Waals surface area contributed by atoms with Crippen molar-refractivity contribution in [3.05, 3.63) is 0 Å². The first-order valence-corrected chi connectivity index (χ1v) is 2.65. The molecule has 0 radical (unpaired) electrons. The molecule has 0 aliphatic heterocycles. The molecule has 0 aromatic heterocycles. The van der Waals surface area contributed by atoms with Crippen molar-refractivity contribution in [1.29, 1.82) is 0 Å². The molecule has 0 saturated carbocycles. The van der Waals surface area contributed by atoms with Gasteiger partial charge in [-0.15, -0.1) is 0 Å². The summed E-state index contributed by atoms with van der Waals surface area (Å²) in [4.78, 5) is 8.72. The molecule has 0 atom stereocenters. The summed E-state index contributed by atoms with van der Waals surface area (Å²) in [6.07, 6.45) is 0. The maximum absolute atomic E-state index is 8.72. The molecule has 0 unspecified atom stereocenters. The van der Waals surface area contributed by atoms with E-state index in [1.807, 2.05) is 0 Å². The average molecular weight is 176 g/mol. The number of rotatable bonds is 0. The number of carbonyl (C=O) groups excluding carboxylic acids is 1. The third-order valence-electron chi connectivity index (χ3n) is 0. The Bertz CT molecular complexity index is 62.7. The molecular weight excluding hydrogens is 173 g/mol. The molecule has 0 bridgehead atoms. The number of nitrogens with two attached hydrogens (primary N) is 1. The van der Waals surface area contributed by atoms with Gasteiger partial charge in [-0.25, -0.2) is 0 Å². The van der Waals surface area contributed by atoms with Gasteiger partial charge in [0.25, 0.3) is 0 Å². The van der Waals surface area contributed by atoms with Crippen molar-refractivity contribution in [3.63, 3.8) is 0 Å². The van der Waals surface area contributed by atoms with Gasteiger partial charge in [0.2, 0.25) is 0 Å². The van der Waals surface area contributed by atoms with Gasteiger partial charge in [0.15, 0.2) is 0 Å². The molecule has 0 rings (SSSR count). The number of hydrogen-bond acceptors (Lipinski definition) is 3. The van der Waals surface area contributed by atoms with Crippen LogP contribution >= 0.6 is 12.2 Å². The van der Waals surface area contributed by atoms with Crippen molar-refractivity contribution in [1.82, 2.24) is 0 Å². The van der Waals surface area contributed by atoms with Gasteiger partial charge in [-0.3, -0.25) is 0 Å². The summed E-state index contributed by atoms with van der Waals surface area (Å²) in [5.74, 6) is 0. The van der Waals surface area contributed by atoms with Crippen LogP contribution in [0.5, 0.6) is 0 Å². The van der Waals surface area contributed by atoms with E-state index < -0.39 is 0 Å². The van der Waals surface area contributed by atoms with Gasteiger partial charge in [-0.2, -0.15) is 0 Å². The van der Waals surface area contributed by atoms with Gasteiger partial charge in [-0.05, 0) is 0 Å². The van der Waals surface area contributed by atoms with Crippen molar-refractivity contribution in [2.45, 2.75) is 0 Å². The van der Waals surface area contributed by atoms with E-state index in [0.29, 0.717) is 5.18 Å². The van der Waals surface area contributed by atoms with Crippen LogP contribution in [-0.4, -0.2) is 9.51 Å². The van der Waals surface area contributed by atoms with E-state index in [1.54, 1.807) is 0 Å². The average Bonchev–Trinajstić information content (AvgIpc) is 1.33. The Labute approximate surface area is 61.1 Å². The second kappa shape index (κ2) is 9.57. The van der Waals surface area contributed by atoms with Crippen molar-refractivity contribution in [2.24, 2.45) is 5.73 Å². The second-order valence-corrected chi connectivity index (χ2v) is 1.82. The van der Waals surface area contributed by atoms with E-state index in [9.17, 15) is 0 Å². The minimum atomic E-state index is 0.0833. The monoisotopic (exact) mass is 176 g/mol. The molecule has 0 aliphatic rings. The van der Waals surface area contributed by atoms with E-state index in [-0.39, 0.29) is 4.32 Å². The van der Waals surface area contributed by atoms with Crippen LogP contribution in [0.1, 0.15) is 0 Å². The molecule has 0 saturated heterocycles. The Morgan fingerprint density at radius 1 is 2.00 bits per heavy atom. The molecule has 0 heterocycles.